The number of nitrogens with one attached hydrogen (secondary N) is 1. The summed E-state index contributed by atoms with van der Waals surface area (Å²) in [6.45, 7) is 4.56. The van der Waals surface area contributed by atoms with E-state index in [2.05, 4.69) is 44.5 Å². The summed E-state index contributed by atoms with van der Waals surface area (Å²) in [7, 11) is 0. The second-order valence-corrected chi connectivity index (χ2v) is 8.21. The van der Waals surface area contributed by atoms with Crippen LogP contribution in [-0.4, -0.2) is 47.1 Å². The molecule has 1 aliphatic carbocycles. The summed E-state index contributed by atoms with van der Waals surface area (Å²) in [6, 6.07) is 18.3. The lowest BCUT2D eigenvalue weighted by atomic mass is 10.1. The molecular formula is C25H26N4O2. The number of nitrogens with zero attached hydrogens (tertiary/aromatic N) is 3. The minimum absolute atomic E-state index is 0.0170. The van der Waals surface area contributed by atoms with E-state index in [9.17, 15) is 4.79 Å². The molecule has 1 saturated heterocycles. The lowest BCUT2D eigenvalue weighted by molar-refractivity contribution is -0.117. The molecule has 0 bridgehead atoms. The van der Waals surface area contributed by atoms with Gasteiger partial charge in [-0.15, -0.1) is 0 Å². The predicted octanol–water partition coefficient (Wildman–Crippen LogP) is 3.72. The van der Waals surface area contributed by atoms with E-state index < -0.39 is 0 Å². The fourth-order valence-corrected chi connectivity index (χ4v) is 4.08. The van der Waals surface area contributed by atoms with Gasteiger partial charge >= 0.3 is 0 Å². The topological polar surface area (TPSA) is 67.4 Å². The van der Waals surface area contributed by atoms with E-state index in [1.54, 1.807) is 6.20 Å². The van der Waals surface area contributed by atoms with Crippen LogP contribution in [0.25, 0.3) is 11.1 Å². The van der Waals surface area contributed by atoms with Gasteiger partial charge in [-0.25, -0.2) is 4.98 Å². The molecule has 1 N–H and O–H groups in total. The van der Waals surface area contributed by atoms with Gasteiger partial charge in [0.2, 0.25) is 5.91 Å². The van der Waals surface area contributed by atoms with Crippen LogP contribution in [0.1, 0.15) is 23.6 Å². The SMILES string of the molecule is O=C(Nc1ccc(-c2ccc(CN3CCOCC3)cc2)cn1)C1CC1c1ccccn1. The Morgan fingerprint density at radius 1 is 1.00 bits per heavy atom. The maximum atomic E-state index is 12.5. The smallest absolute Gasteiger partial charge is 0.229 e. The predicted molar refractivity (Wildman–Crippen MR) is 119 cm³/mol. The van der Waals surface area contributed by atoms with Gasteiger partial charge in [-0.2, -0.15) is 0 Å². The van der Waals surface area contributed by atoms with E-state index in [4.69, 9.17) is 4.74 Å². The number of hydrogen-bond acceptors (Lipinski definition) is 5. The molecule has 1 aliphatic heterocycles. The number of carbonyl (C=O) groups is 1. The molecule has 3 heterocycles. The molecule has 0 spiro atoms. The quantitative estimate of drug-likeness (QED) is 0.666. The molecule has 1 saturated carbocycles. The van der Waals surface area contributed by atoms with Crippen LogP contribution < -0.4 is 5.32 Å². The highest BCUT2D eigenvalue weighted by Gasteiger charge is 2.44. The monoisotopic (exact) mass is 414 g/mol. The van der Waals surface area contributed by atoms with E-state index in [0.717, 1.165) is 56.1 Å². The average molecular weight is 415 g/mol. The molecule has 2 unspecified atom stereocenters. The Morgan fingerprint density at radius 2 is 1.81 bits per heavy atom. The third-order valence-electron chi connectivity index (χ3n) is 6.01. The van der Waals surface area contributed by atoms with Crippen LogP contribution in [0.5, 0.6) is 0 Å². The summed E-state index contributed by atoms with van der Waals surface area (Å²) in [4.78, 5) is 23.7. The highest BCUT2D eigenvalue weighted by atomic mass is 16.5. The average Bonchev–Trinajstić information content (AvgIpc) is 3.63. The van der Waals surface area contributed by atoms with Crippen molar-refractivity contribution >= 4 is 11.7 Å². The number of ether oxygens (including phenoxy) is 1. The summed E-state index contributed by atoms with van der Waals surface area (Å²) in [5.41, 5.74) is 4.44. The van der Waals surface area contributed by atoms with Crippen LogP contribution in [0.15, 0.2) is 67.0 Å². The minimum Gasteiger partial charge on any atom is -0.379 e. The molecule has 6 heteroatoms. The first-order valence-corrected chi connectivity index (χ1v) is 10.8. The molecule has 3 aromatic rings. The number of rotatable bonds is 6. The zero-order valence-electron chi connectivity index (χ0n) is 17.4. The number of aromatic nitrogens is 2. The number of pyridine rings is 2. The van der Waals surface area contributed by atoms with E-state index in [-0.39, 0.29) is 17.7 Å². The Morgan fingerprint density at radius 3 is 2.52 bits per heavy atom. The van der Waals surface area contributed by atoms with Crippen molar-refractivity contribution in [3.05, 3.63) is 78.2 Å². The number of hydrogen-bond donors (Lipinski definition) is 1. The van der Waals surface area contributed by atoms with Gasteiger partial charge in [0.1, 0.15) is 5.82 Å². The van der Waals surface area contributed by atoms with Gasteiger partial charge in [-0.1, -0.05) is 30.3 Å². The Kier molecular flexibility index (Phi) is 5.74. The molecule has 158 valence electrons. The van der Waals surface area contributed by atoms with Gasteiger partial charge in [0.25, 0.3) is 0 Å². The first-order valence-electron chi connectivity index (χ1n) is 10.8. The third-order valence-corrected chi connectivity index (χ3v) is 6.01. The molecule has 2 fully saturated rings. The molecule has 5 rings (SSSR count). The molecule has 2 aliphatic rings. The van der Waals surface area contributed by atoms with Crippen molar-refractivity contribution < 1.29 is 9.53 Å². The van der Waals surface area contributed by atoms with Crippen LogP contribution >= 0.6 is 0 Å². The van der Waals surface area contributed by atoms with Crippen molar-refractivity contribution in [3.8, 4) is 11.1 Å². The number of amides is 1. The van der Waals surface area contributed by atoms with Crippen LogP contribution in [0.3, 0.4) is 0 Å². The largest absolute Gasteiger partial charge is 0.379 e. The van der Waals surface area contributed by atoms with Crippen molar-refractivity contribution in [3.63, 3.8) is 0 Å². The van der Waals surface area contributed by atoms with E-state index in [1.165, 1.54) is 5.56 Å². The molecule has 1 amide bonds. The Hall–Kier alpha value is -3.09. The van der Waals surface area contributed by atoms with Gasteiger partial charge in [0.15, 0.2) is 0 Å². The molecule has 6 nitrogen and oxygen atoms in total. The zero-order valence-corrected chi connectivity index (χ0v) is 17.4. The lowest BCUT2D eigenvalue weighted by Gasteiger charge is -2.26. The number of benzene rings is 1. The Balaban J connectivity index is 1.17. The van der Waals surface area contributed by atoms with E-state index >= 15 is 0 Å². The first kappa shape index (κ1) is 19.8. The van der Waals surface area contributed by atoms with E-state index in [0.29, 0.717) is 5.82 Å². The number of anilines is 1. The summed E-state index contributed by atoms with van der Waals surface area (Å²) in [5, 5.41) is 2.94. The van der Waals surface area contributed by atoms with Gasteiger partial charge < -0.3 is 10.1 Å². The number of morpholine rings is 1. The van der Waals surface area contributed by atoms with Crippen molar-refractivity contribution in [1.29, 1.82) is 0 Å². The zero-order chi connectivity index (χ0) is 21.0. The van der Waals surface area contributed by atoms with Crippen molar-refractivity contribution in [2.75, 3.05) is 31.6 Å². The normalized spacial score (nSPS) is 20.9. The first-order chi connectivity index (χ1) is 15.3. The van der Waals surface area contributed by atoms with Gasteiger partial charge in [0.05, 0.1) is 13.2 Å². The summed E-state index contributed by atoms with van der Waals surface area (Å²) in [5.74, 6) is 0.805. The fraction of sp³-hybridized carbons (Fsp3) is 0.320. The molecule has 2 atom stereocenters. The van der Waals surface area contributed by atoms with Gasteiger partial charge in [-0.3, -0.25) is 14.7 Å². The van der Waals surface area contributed by atoms with E-state index in [1.807, 2.05) is 36.5 Å². The maximum absolute atomic E-state index is 12.5. The molecular weight excluding hydrogens is 388 g/mol. The third kappa shape index (κ3) is 4.81. The molecule has 0 radical (unpaired) electrons. The molecule has 31 heavy (non-hydrogen) atoms. The fourth-order valence-electron chi connectivity index (χ4n) is 4.08. The second kappa shape index (κ2) is 8.96. The van der Waals surface area contributed by atoms with Gasteiger partial charge in [-0.05, 0) is 41.8 Å². The summed E-state index contributed by atoms with van der Waals surface area (Å²) in [6.07, 6.45) is 4.44. The second-order valence-electron chi connectivity index (χ2n) is 8.21. The Labute approximate surface area is 182 Å². The van der Waals surface area contributed by atoms with Crippen molar-refractivity contribution in [1.82, 2.24) is 14.9 Å². The van der Waals surface area contributed by atoms with Gasteiger partial charge in [0, 0.05) is 55.1 Å². The van der Waals surface area contributed by atoms with Crippen molar-refractivity contribution in [2.45, 2.75) is 18.9 Å². The minimum atomic E-state index is -0.0182. The molecule has 1 aromatic carbocycles. The summed E-state index contributed by atoms with van der Waals surface area (Å²) >= 11 is 0. The summed E-state index contributed by atoms with van der Waals surface area (Å²) < 4.78 is 5.41. The van der Waals surface area contributed by atoms with Crippen LogP contribution in [0.2, 0.25) is 0 Å². The maximum Gasteiger partial charge on any atom is 0.229 e. The standard InChI is InChI=1S/C25H26N4O2/c30-25(22-15-21(22)23-3-1-2-10-26-23)28-24-9-8-20(16-27-24)19-6-4-18(5-7-19)17-29-11-13-31-14-12-29/h1-10,16,21-22H,11-15,17H2,(H,27,28,30). The highest BCUT2D eigenvalue weighted by Crippen LogP contribution is 2.47. The highest BCUT2D eigenvalue weighted by molar-refractivity contribution is 5.94. The lowest BCUT2D eigenvalue weighted by Crippen LogP contribution is -2.35. The van der Waals surface area contributed by atoms with Crippen LogP contribution in [-0.2, 0) is 16.1 Å². The van der Waals surface area contributed by atoms with Crippen LogP contribution in [0, 0.1) is 5.92 Å². The Bertz CT molecular complexity index is 1020. The number of carbonyl (C=O) groups excluding carboxylic acids is 1. The molecule has 2 aromatic heterocycles. The van der Waals surface area contributed by atoms with Crippen LogP contribution in [0.4, 0.5) is 5.82 Å². The van der Waals surface area contributed by atoms with Crippen molar-refractivity contribution in [2.24, 2.45) is 5.92 Å².